The average Bonchev–Trinajstić information content (AvgIpc) is 2.12. The van der Waals surface area contributed by atoms with Gasteiger partial charge in [0, 0.05) is 24.7 Å². The zero-order valence-electron chi connectivity index (χ0n) is 10.1. The van der Waals surface area contributed by atoms with Gasteiger partial charge in [-0.2, -0.15) is 0 Å². The first kappa shape index (κ1) is 12.0. The van der Waals surface area contributed by atoms with Gasteiger partial charge in [-0.3, -0.25) is 4.90 Å². The molecule has 1 unspecified atom stereocenters. The van der Waals surface area contributed by atoms with Gasteiger partial charge in [0.25, 0.3) is 0 Å². The van der Waals surface area contributed by atoms with Gasteiger partial charge < -0.3 is 10.6 Å². The summed E-state index contributed by atoms with van der Waals surface area (Å²) < 4.78 is 0. The molecule has 0 aromatic heterocycles. The summed E-state index contributed by atoms with van der Waals surface area (Å²) in [4.78, 5) is 5.02. The van der Waals surface area contributed by atoms with Crippen LogP contribution in [0, 0.1) is 0 Å². The maximum atomic E-state index is 5.65. The Morgan fingerprint density at radius 1 is 1.43 bits per heavy atom. The van der Waals surface area contributed by atoms with E-state index in [4.69, 9.17) is 5.73 Å². The third kappa shape index (κ3) is 2.47. The fraction of sp³-hybridized carbons (Fsp3) is 1.00. The second-order valence-electron chi connectivity index (χ2n) is 4.98. The number of rotatable bonds is 3. The normalized spacial score (nSPS) is 29.4. The summed E-state index contributed by atoms with van der Waals surface area (Å²) in [7, 11) is 2.23. The number of hydrogen-bond donors (Lipinski definition) is 1. The van der Waals surface area contributed by atoms with Gasteiger partial charge in [-0.05, 0) is 40.4 Å². The van der Waals surface area contributed by atoms with E-state index in [1.54, 1.807) is 0 Å². The zero-order valence-corrected chi connectivity index (χ0v) is 10.1. The SMILES string of the molecule is CCN1CC(CCN)N(C)C(C)(C)C1. The van der Waals surface area contributed by atoms with Crippen LogP contribution in [0.15, 0.2) is 0 Å². The molecule has 1 saturated heterocycles. The molecule has 0 spiro atoms. The molecule has 1 atom stereocenters. The third-order valence-electron chi connectivity index (χ3n) is 3.53. The molecule has 1 fully saturated rings. The molecular formula is C11H25N3. The van der Waals surface area contributed by atoms with E-state index in [0.29, 0.717) is 6.04 Å². The van der Waals surface area contributed by atoms with Gasteiger partial charge in [0.2, 0.25) is 0 Å². The largest absolute Gasteiger partial charge is 0.330 e. The molecule has 2 N–H and O–H groups in total. The Morgan fingerprint density at radius 2 is 2.07 bits per heavy atom. The van der Waals surface area contributed by atoms with E-state index in [1.807, 2.05) is 0 Å². The molecule has 1 aliphatic heterocycles. The highest BCUT2D eigenvalue weighted by Gasteiger charge is 2.36. The Hall–Kier alpha value is -0.120. The lowest BCUT2D eigenvalue weighted by atomic mass is 9.94. The van der Waals surface area contributed by atoms with Crippen LogP contribution in [0.1, 0.15) is 27.2 Å². The molecule has 1 aliphatic rings. The van der Waals surface area contributed by atoms with Crippen molar-refractivity contribution in [3.05, 3.63) is 0 Å². The summed E-state index contributed by atoms with van der Waals surface area (Å²) in [6.07, 6.45) is 1.11. The van der Waals surface area contributed by atoms with Crippen molar-refractivity contribution < 1.29 is 0 Å². The molecule has 3 heteroatoms. The van der Waals surface area contributed by atoms with Crippen molar-refractivity contribution >= 4 is 0 Å². The maximum Gasteiger partial charge on any atom is 0.0280 e. The lowest BCUT2D eigenvalue weighted by Gasteiger charge is -2.50. The Balaban J connectivity index is 2.66. The van der Waals surface area contributed by atoms with Crippen LogP contribution in [-0.2, 0) is 0 Å². The molecule has 0 aromatic rings. The van der Waals surface area contributed by atoms with Crippen molar-refractivity contribution in [2.45, 2.75) is 38.8 Å². The van der Waals surface area contributed by atoms with Crippen molar-refractivity contribution in [2.75, 3.05) is 33.2 Å². The number of likely N-dealkylation sites (N-methyl/N-ethyl adjacent to an activating group) is 2. The standard InChI is InChI=1S/C11H25N3/c1-5-14-8-10(6-7-12)13(4)11(2,3)9-14/h10H,5-9,12H2,1-4H3. The first-order valence-electron chi connectivity index (χ1n) is 5.66. The number of hydrogen-bond acceptors (Lipinski definition) is 3. The van der Waals surface area contributed by atoms with E-state index < -0.39 is 0 Å². The van der Waals surface area contributed by atoms with Crippen LogP contribution in [0.25, 0.3) is 0 Å². The van der Waals surface area contributed by atoms with Gasteiger partial charge in [-0.15, -0.1) is 0 Å². The van der Waals surface area contributed by atoms with E-state index in [-0.39, 0.29) is 5.54 Å². The Labute approximate surface area is 88.2 Å². The highest BCUT2D eigenvalue weighted by Crippen LogP contribution is 2.24. The molecule has 0 bridgehead atoms. The van der Waals surface area contributed by atoms with Gasteiger partial charge in [0.15, 0.2) is 0 Å². The summed E-state index contributed by atoms with van der Waals surface area (Å²) >= 11 is 0. The fourth-order valence-corrected chi connectivity index (χ4v) is 2.36. The lowest BCUT2D eigenvalue weighted by Crippen LogP contribution is -2.62. The Kier molecular flexibility index (Phi) is 3.93. The molecule has 1 heterocycles. The van der Waals surface area contributed by atoms with E-state index in [0.717, 1.165) is 19.5 Å². The molecule has 0 aliphatic carbocycles. The molecule has 84 valence electrons. The quantitative estimate of drug-likeness (QED) is 0.728. The van der Waals surface area contributed by atoms with Crippen LogP contribution in [-0.4, -0.2) is 54.6 Å². The van der Waals surface area contributed by atoms with Crippen LogP contribution >= 0.6 is 0 Å². The van der Waals surface area contributed by atoms with Gasteiger partial charge in [-0.25, -0.2) is 0 Å². The number of nitrogens with zero attached hydrogens (tertiary/aromatic N) is 2. The first-order chi connectivity index (χ1) is 6.51. The highest BCUT2D eigenvalue weighted by atomic mass is 15.3. The second-order valence-corrected chi connectivity index (χ2v) is 4.98. The topological polar surface area (TPSA) is 32.5 Å². The third-order valence-corrected chi connectivity index (χ3v) is 3.53. The van der Waals surface area contributed by atoms with E-state index in [1.165, 1.54) is 13.1 Å². The number of nitrogens with two attached hydrogens (primary N) is 1. The van der Waals surface area contributed by atoms with Gasteiger partial charge in [0.1, 0.15) is 0 Å². The fourth-order valence-electron chi connectivity index (χ4n) is 2.36. The summed E-state index contributed by atoms with van der Waals surface area (Å²) in [5, 5.41) is 0. The molecule has 0 saturated carbocycles. The monoisotopic (exact) mass is 199 g/mol. The van der Waals surface area contributed by atoms with Crippen LogP contribution in [0.2, 0.25) is 0 Å². The molecule has 1 rings (SSSR count). The van der Waals surface area contributed by atoms with E-state index >= 15 is 0 Å². The molecule has 0 aromatic carbocycles. The van der Waals surface area contributed by atoms with Crippen molar-refractivity contribution in [3.63, 3.8) is 0 Å². The molecule has 0 amide bonds. The second kappa shape index (κ2) is 4.60. The van der Waals surface area contributed by atoms with Crippen LogP contribution in [0.5, 0.6) is 0 Å². The molecular weight excluding hydrogens is 174 g/mol. The first-order valence-corrected chi connectivity index (χ1v) is 5.66. The Morgan fingerprint density at radius 3 is 2.57 bits per heavy atom. The number of piperazine rings is 1. The van der Waals surface area contributed by atoms with E-state index in [9.17, 15) is 0 Å². The molecule has 14 heavy (non-hydrogen) atoms. The predicted molar refractivity (Wildman–Crippen MR) is 61.4 cm³/mol. The smallest absolute Gasteiger partial charge is 0.0280 e. The van der Waals surface area contributed by atoms with Crippen molar-refractivity contribution in [1.29, 1.82) is 0 Å². The van der Waals surface area contributed by atoms with Gasteiger partial charge in [0.05, 0.1) is 0 Å². The highest BCUT2D eigenvalue weighted by molar-refractivity contribution is 4.93. The summed E-state index contributed by atoms with van der Waals surface area (Å²) in [5.74, 6) is 0. The van der Waals surface area contributed by atoms with Gasteiger partial charge in [-0.1, -0.05) is 6.92 Å². The minimum absolute atomic E-state index is 0.286. The summed E-state index contributed by atoms with van der Waals surface area (Å²) in [5.41, 5.74) is 5.94. The van der Waals surface area contributed by atoms with Crippen LogP contribution in [0.4, 0.5) is 0 Å². The lowest BCUT2D eigenvalue weighted by molar-refractivity contribution is -0.00606. The predicted octanol–water partition coefficient (Wildman–Crippen LogP) is 0.750. The van der Waals surface area contributed by atoms with Crippen LogP contribution in [0.3, 0.4) is 0 Å². The minimum Gasteiger partial charge on any atom is -0.330 e. The molecule has 0 radical (unpaired) electrons. The van der Waals surface area contributed by atoms with Crippen molar-refractivity contribution in [2.24, 2.45) is 5.73 Å². The zero-order chi connectivity index (χ0) is 10.8. The van der Waals surface area contributed by atoms with Crippen molar-refractivity contribution in [1.82, 2.24) is 9.80 Å². The van der Waals surface area contributed by atoms with E-state index in [2.05, 4.69) is 37.6 Å². The Bertz CT molecular complexity index is 179. The van der Waals surface area contributed by atoms with Gasteiger partial charge >= 0.3 is 0 Å². The maximum absolute atomic E-state index is 5.65. The minimum atomic E-state index is 0.286. The van der Waals surface area contributed by atoms with Crippen LogP contribution < -0.4 is 5.73 Å². The summed E-state index contributed by atoms with van der Waals surface area (Å²) in [6.45, 7) is 11.2. The average molecular weight is 199 g/mol. The summed E-state index contributed by atoms with van der Waals surface area (Å²) in [6, 6.07) is 0.628. The van der Waals surface area contributed by atoms with Crippen molar-refractivity contribution in [3.8, 4) is 0 Å². The molecule has 3 nitrogen and oxygen atoms in total.